The van der Waals surface area contributed by atoms with Gasteiger partial charge in [-0.05, 0) is 12.0 Å². The van der Waals surface area contributed by atoms with Gasteiger partial charge in [-0.2, -0.15) is 0 Å². The minimum atomic E-state index is -0.550. The third kappa shape index (κ3) is 3.96. The highest BCUT2D eigenvalue weighted by Gasteiger charge is 2.15. The first kappa shape index (κ1) is 14.4. The molecule has 1 heterocycles. The third-order valence-corrected chi connectivity index (χ3v) is 2.51. The lowest BCUT2D eigenvalue weighted by atomic mass is 10.1. The highest BCUT2D eigenvalue weighted by Crippen LogP contribution is 2.10. The van der Waals surface area contributed by atoms with Crippen LogP contribution in [0.5, 0.6) is 0 Å². The van der Waals surface area contributed by atoms with Gasteiger partial charge in [-0.3, -0.25) is 0 Å². The summed E-state index contributed by atoms with van der Waals surface area (Å²) in [5, 5.41) is 3.21. The van der Waals surface area contributed by atoms with Gasteiger partial charge in [0.1, 0.15) is 5.82 Å². The topological polar surface area (TPSA) is 73.3 Å². The molecular weight excluding hydrogens is 234 g/mol. The molecule has 1 rings (SSSR count). The van der Waals surface area contributed by atoms with E-state index in [1.807, 2.05) is 0 Å². The number of anilines is 1. The van der Waals surface area contributed by atoms with E-state index in [2.05, 4.69) is 33.9 Å². The van der Waals surface area contributed by atoms with E-state index < -0.39 is 5.97 Å². The van der Waals surface area contributed by atoms with Crippen molar-refractivity contribution < 1.29 is 14.3 Å². The normalized spacial score (nSPS) is 12.3. The second-order valence-electron chi connectivity index (χ2n) is 4.21. The molecule has 18 heavy (non-hydrogen) atoms. The Kier molecular flexibility index (Phi) is 5.51. The van der Waals surface area contributed by atoms with Gasteiger partial charge in [0.15, 0.2) is 0 Å². The zero-order valence-corrected chi connectivity index (χ0v) is 11.1. The van der Waals surface area contributed by atoms with Crippen molar-refractivity contribution in [2.45, 2.75) is 19.9 Å². The summed E-state index contributed by atoms with van der Waals surface area (Å²) in [6.07, 6.45) is 1.52. The molecule has 0 fully saturated rings. The minimum absolute atomic E-state index is 0.0439. The molecule has 0 saturated heterocycles. The summed E-state index contributed by atoms with van der Waals surface area (Å²) in [5.74, 6) is 0.455. The standard InChI is InChI=1S/C12H19N3O3/c1-8(2)9(7-17-3)14-10-5-6-13-11(15-10)12(16)18-4/h5-6,8-9H,7H2,1-4H3,(H,13,14,15). The van der Waals surface area contributed by atoms with Gasteiger partial charge in [0, 0.05) is 13.3 Å². The Balaban J connectivity index is 2.80. The van der Waals surface area contributed by atoms with Gasteiger partial charge >= 0.3 is 5.97 Å². The summed E-state index contributed by atoms with van der Waals surface area (Å²) in [7, 11) is 2.95. The van der Waals surface area contributed by atoms with Crippen LogP contribution in [-0.2, 0) is 9.47 Å². The van der Waals surface area contributed by atoms with Crippen molar-refractivity contribution >= 4 is 11.8 Å². The average Bonchev–Trinajstić information content (AvgIpc) is 2.37. The molecule has 100 valence electrons. The molecule has 1 aromatic rings. The van der Waals surface area contributed by atoms with Crippen LogP contribution in [0, 0.1) is 5.92 Å². The monoisotopic (exact) mass is 253 g/mol. The summed E-state index contributed by atoms with van der Waals surface area (Å²) >= 11 is 0. The Morgan fingerprint density at radius 1 is 1.44 bits per heavy atom. The Labute approximate surface area is 107 Å². The largest absolute Gasteiger partial charge is 0.463 e. The summed E-state index contributed by atoms with van der Waals surface area (Å²) in [4.78, 5) is 19.3. The lowest BCUT2D eigenvalue weighted by molar-refractivity contribution is 0.0587. The number of methoxy groups -OCH3 is 2. The van der Waals surface area contributed by atoms with Crippen LogP contribution < -0.4 is 5.32 Å². The molecule has 6 heteroatoms. The molecule has 0 spiro atoms. The molecule has 0 amide bonds. The summed E-state index contributed by atoms with van der Waals surface area (Å²) in [5.41, 5.74) is 0. The second kappa shape index (κ2) is 6.90. The summed E-state index contributed by atoms with van der Waals surface area (Å²) < 4.78 is 9.71. The summed E-state index contributed by atoms with van der Waals surface area (Å²) in [6.45, 7) is 4.73. The zero-order chi connectivity index (χ0) is 13.5. The highest BCUT2D eigenvalue weighted by molar-refractivity contribution is 5.85. The number of aromatic nitrogens is 2. The van der Waals surface area contributed by atoms with Crippen molar-refractivity contribution in [3.63, 3.8) is 0 Å². The Morgan fingerprint density at radius 3 is 2.72 bits per heavy atom. The molecule has 0 bridgehead atoms. The lowest BCUT2D eigenvalue weighted by Crippen LogP contribution is -2.31. The number of carbonyl (C=O) groups is 1. The van der Waals surface area contributed by atoms with Crippen LogP contribution in [0.2, 0.25) is 0 Å². The van der Waals surface area contributed by atoms with Crippen LogP contribution in [0.25, 0.3) is 0 Å². The number of hydrogen-bond donors (Lipinski definition) is 1. The fraction of sp³-hybridized carbons (Fsp3) is 0.583. The van der Waals surface area contributed by atoms with Gasteiger partial charge in [-0.1, -0.05) is 13.8 Å². The van der Waals surface area contributed by atoms with Gasteiger partial charge in [-0.25, -0.2) is 14.8 Å². The molecule has 0 saturated carbocycles. The lowest BCUT2D eigenvalue weighted by Gasteiger charge is -2.22. The predicted octanol–water partition coefficient (Wildman–Crippen LogP) is 1.35. The highest BCUT2D eigenvalue weighted by atomic mass is 16.5. The van der Waals surface area contributed by atoms with Crippen LogP contribution in [0.15, 0.2) is 12.3 Å². The van der Waals surface area contributed by atoms with Crippen molar-refractivity contribution in [3.8, 4) is 0 Å². The Morgan fingerprint density at radius 2 is 2.17 bits per heavy atom. The first-order valence-electron chi connectivity index (χ1n) is 5.75. The first-order valence-corrected chi connectivity index (χ1v) is 5.75. The van der Waals surface area contributed by atoms with Gasteiger partial charge in [0.25, 0.3) is 0 Å². The number of rotatable bonds is 6. The molecular formula is C12H19N3O3. The van der Waals surface area contributed by atoms with Crippen molar-refractivity contribution in [2.75, 3.05) is 26.1 Å². The quantitative estimate of drug-likeness (QED) is 0.771. The number of esters is 1. The van der Waals surface area contributed by atoms with E-state index in [1.165, 1.54) is 13.3 Å². The van der Waals surface area contributed by atoms with Crippen LogP contribution >= 0.6 is 0 Å². The average molecular weight is 253 g/mol. The fourth-order valence-corrected chi connectivity index (χ4v) is 1.40. The molecule has 1 aromatic heterocycles. The van der Waals surface area contributed by atoms with Crippen molar-refractivity contribution in [1.82, 2.24) is 9.97 Å². The van der Waals surface area contributed by atoms with Crippen LogP contribution in [0.4, 0.5) is 5.82 Å². The van der Waals surface area contributed by atoms with E-state index in [-0.39, 0.29) is 11.9 Å². The molecule has 1 atom stereocenters. The zero-order valence-electron chi connectivity index (χ0n) is 11.1. The number of nitrogens with one attached hydrogen (secondary N) is 1. The van der Waals surface area contributed by atoms with Crippen molar-refractivity contribution in [1.29, 1.82) is 0 Å². The Bertz CT molecular complexity index is 396. The maximum Gasteiger partial charge on any atom is 0.376 e. The summed E-state index contributed by atoms with van der Waals surface area (Å²) in [6, 6.07) is 1.83. The molecule has 0 radical (unpaired) electrons. The van der Waals surface area contributed by atoms with E-state index in [0.29, 0.717) is 18.3 Å². The van der Waals surface area contributed by atoms with E-state index in [1.54, 1.807) is 13.2 Å². The van der Waals surface area contributed by atoms with E-state index >= 15 is 0 Å². The van der Waals surface area contributed by atoms with Gasteiger partial charge in [0.2, 0.25) is 5.82 Å². The van der Waals surface area contributed by atoms with E-state index in [0.717, 1.165) is 0 Å². The molecule has 6 nitrogen and oxygen atoms in total. The first-order chi connectivity index (χ1) is 8.58. The van der Waals surface area contributed by atoms with Gasteiger partial charge < -0.3 is 14.8 Å². The number of nitrogens with zero attached hydrogens (tertiary/aromatic N) is 2. The molecule has 1 unspecified atom stereocenters. The maximum atomic E-state index is 11.3. The van der Waals surface area contributed by atoms with Crippen LogP contribution in [0.1, 0.15) is 24.5 Å². The fourth-order valence-electron chi connectivity index (χ4n) is 1.40. The Hall–Kier alpha value is -1.69. The van der Waals surface area contributed by atoms with E-state index in [9.17, 15) is 4.79 Å². The van der Waals surface area contributed by atoms with Crippen molar-refractivity contribution in [2.24, 2.45) is 5.92 Å². The van der Waals surface area contributed by atoms with Gasteiger partial charge in [-0.15, -0.1) is 0 Å². The second-order valence-corrected chi connectivity index (χ2v) is 4.21. The van der Waals surface area contributed by atoms with E-state index in [4.69, 9.17) is 4.74 Å². The smallest absolute Gasteiger partial charge is 0.376 e. The predicted molar refractivity (Wildman–Crippen MR) is 67.5 cm³/mol. The number of hydrogen-bond acceptors (Lipinski definition) is 6. The maximum absolute atomic E-state index is 11.3. The SMILES string of the molecule is COCC(Nc1ccnc(C(=O)OC)n1)C(C)C. The van der Waals surface area contributed by atoms with Crippen LogP contribution in [-0.4, -0.2) is 42.8 Å². The molecule has 1 N–H and O–H groups in total. The third-order valence-electron chi connectivity index (χ3n) is 2.51. The van der Waals surface area contributed by atoms with Crippen molar-refractivity contribution in [3.05, 3.63) is 18.1 Å². The number of ether oxygens (including phenoxy) is 2. The molecule has 0 aliphatic heterocycles. The minimum Gasteiger partial charge on any atom is -0.463 e. The molecule has 0 aliphatic rings. The van der Waals surface area contributed by atoms with Crippen LogP contribution in [0.3, 0.4) is 0 Å². The molecule has 0 aromatic carbocycles. The van der Waals surface area contributed by atoms with Gasteiger partial charge in [0.05, 0.1) is 19.8 Å². The number of carbonyl (C=O) groups excluding carboxylic acids is 1. The molecule has 0 aliphatic carbocycles.